The van der Waals surface area contributed by atoms with Crippen molar-refractivity contribution in [3.8, 4) is 5.88 Å². The van der Waals surface area contributed by atoms with E-state index in [2.05, 4.69) is 26.2 Å². The monoisotopic (exact) mass is 398 g/mol. The predicted molar refractivity (Wildman–Crippen MR) is 91.9 cm³/mol. The zero-order chi connectivity index (χ0) is 16.8. The van der Waals surface area contributed by atoms with Crippen molar-refractivity contribution >= 4 is 33.4 Å². The number of hydrogen-bond acceptors (Lipinski definition) is 4. The summed E-state index contributed by atoms with van der Waals surface area (Å²) >= 11 is 9.08. The molecule has 1 aromatic heterocycles. The van der Waals surface area contributed by atoms with Crippen LogP contribution in [0.2, 0.25) is 5.02 Å². The molecule has 0 aliphatic rings. The van der Waals surface area contributed by atoms with Gasteiger partial charge in [0, 0.05) is 22.2 Å². The summed E-state index contributed by atoms with van der Waals surface area (Å²) < 4.78 is 5.76. The number of methoxy groups -OCH3 is 1. The van der Waals surface area contributed by atoms with Gasteiger partial charge in [0.05, 0.1) is 13.2 Å². The Morgan fingerprint density at radius 3 is 2.78 bits per heavy atom. The molecule has 0 saturated heterocycles. The van der Waals surface area contributed by atoms with Gasteiger partial charge in [-0.25, -0.2) is 4.98 Å². The molecule has 2 rings (SSSR count). The Hall–Kier alpha value is -1.63. The van der Waals surface area contributed by atoms with Gasteiger partial charge in [0.2, 0.25) is 5.88 Å². The van der Waals surface area contributed by atoms with Crippen LogP contribution in [0.15, 0.2) is 41.0 Å². The number of rotatable bonds is 6. The second-order valence-corrected chi connectivity index (χ2v) is 6.17. The first-order valence-corrected chi connectivity index (χ1v) is 8.09. The van der Waals surface area contributed by atoms with Crippen molar-refractivity contribution < 1.29 is 14.6 Å². The van der Waals surface area contributed by atoms with Gasteiger partial charge in [0.1, 0.15) is 5.56 Å². The van der Waals surface area contributed by atoms with E-state index in [1.807, 2.05) is 0 Å². The minimum atomic E-state index is -0.671. The average molecular weight is 400 g/mol. The van der Waals surface area contributed by atoms with Gasteiger partial charge in [-0.05, 0) is 46.1 Å². The number of aliphatic hydroxyl groups excluding tert-OH is 1. The van der Waals surface area contributed by atoms with E-state index in [4.69, 9.17) is 16.3 Å². The summed E-state index contributed by atoms with van der Waals surface area (Å²) in [5.41, 5.74) is 1.09. The molecule has 0 aliphatic heterocycles. The standard InChI is InChI=1S/C16H16BrClN2O3/c1-23-16-13(8-11(17)9-20-16)15(22)19-7-6-14(21)10-2-4-12(18)5-3-10/h2-5,8-9,14,21H,6-7H2,1H3,(H,19,22)/t14-/m0/s1. The zero-order valence-corrected chi connectivity index (χ0v) is 14.8. The van der Waals surface area contributed by atoms with Crippen molar-refractivity contribution in [1.29, 1.82) is 0 Å². The van der Waals surface area contributed by atoms with Gasteiger partial charge < -0.3 is 15.2 Å². The number of ether oxygens (including phenoxy) is 1. The Bertz CT molecular complexity index is 680. The lowest BCUT2D eigenvalue weighted by Gasteiger charge is -2.12. The molecule has 0 fully saturated rings. The molecule has 7 heteroatoms. The first kappa shape index (κ1) is 17.7. The molecule has 2 aromatic rings. The minimum Gasteiger partial charge on any atom is -0.480 e. The van der Waals surface area contributed by atoms with Crippen LogP contribution in [0.4, 0.5) is 0 Å². The molecule has 2 N–H and O–H groups in total. The number of pyridine rings is 1. The molecule has 1 amide bonds. The maximum atomic E-state index is 12.2. The molecule has 0 spiro atoms. The van der Waals surface area contributed by atoms with Crippen LogP contribution in [0.5, 0.6) is 5.88 Å². The number of amides is 1. The van der Waals surface area contributed by atoms with Crippen molar-refractivity contribution in [1.82, 2.24) is 10.3 Å². The molecule has 5 nitrogen and oxygen atoms in total. The quantitative estimate of drug-likeness (QED) is 0.781. The van der Waals surface area contributed by atoms with E-state index in [0.29, 0.717) is 28.0 Å². The summed E-state index contributed by atoms with van der Waals surface area (Å²) in [5, 5.41) is 13.5. The Morgan fingerprint density at radius 1 is 1.43 bits per heavy atom. The molecular formula is C16H16BrClN2O3. The van der Waals surface area contributed by atoms with Crippen LogP contribution in [-0.4, -0.2) is 29.7 Å². The zero-order valence-electron chi connectivity index (χ0n) is 12.4. The van der Waals surface area contributed by atoms with Crippen LogP contribution in [0.3, 0.4) is 0 Å². The summed E-state index contributed by atoms with van der Waals surface area (Å²) in [4.78, 5) is 16.2. The lowest BCUT2D eigenvalue weighted by Crippen LogP contribution is -2.26. The number of aliphatic hydroxyl groups is 1. The van der Waals surface area contributed by atoms with Crippen molar-refractivity contribution in [2.24, 2.45) is 0 Å². The van der Waals surface area contributed by atoms with E-state index < -0.39 is 6.10 Å². The Kier molecular flexibility index (Phi) is 6.38. The third-order valence-corrected chi connectivity index (χ3v) is 3.90. The SMILES string of the molecule is COc1ncc(Br)cc1C(=O)NCC[C@H](O)c1ccc(Cl)cc1. The average Bonchev–Trinajstić information content (AvgIpc) is 2.55. The molecule has 1 aromatic carbocycles. The van der Waals surface area contributed by atoms with Gasteiger partial charge in [-0.2, -0.15) is 0 Å². The normalized spacial score (nSPS) is 11.8. The summed E-state index contributed by atoms with van der Waals surface area (Å²) in [5.74, 6) is -0.0529. The lowest BCUT2D eigenvalue weighted by atomic mass is 10.1. The van der Waals surface area contributed by atoms with Crippen LogP contribution in [-0.2, 0) is 0 Å². The number of benzene rings is 1. The highest BCUT2D eigenvalue weighted by Gasteiger charge is 2.15. The largest absolute Gasteiger partial charge is 0.480 e. The Morgan fingerprint density at radius 2 is 2.13 bits per heavy atom. The third-order valence-electron chi connectivity index (χ3n) is 3.21. The molecule has 122 valence electrons. The molecule has 1 heterocycles. The fraction of sp³-hybridized carbons (Fsp3) is 0.250. The van der Waals surface area contributed by atoms with E-state index in [0.717, 1.165) is 5.56 Å². The van der Waals surface area contributed by atoms with E-state index in [1.54, 1.807) is 36.5 Å². The summed E-state index contributed by atoms with van der Waals surface area (Å²) in [6.07, 6.45) is 1.27. The molecule has 0 bridgehead atoms. The van der Waals surface area contributed by atoms with Crippen molar-refractivity contribution in [3.05, 3.63) is 57.2 Å². The number of nitrogens with one attached hydrogen (secondary N) is 1. The third kappa shape index (κ3) is 4.92. The van der Waals surface area contributed by atoms with Gasteiger partial charge >= 0.3 is 0 Å². The smallest absolute Gasteiger partial charge is 0.256 e. The topological polar surface area (TPSA) is 71.5 Å². The van der Waals surface area contributed by atoms with Crippen LogP contribution in [0.1, 0.15) is 28.4 Å². The number of hydrogen-bond donors (Lipinski definition) is 2. The molecule has 0 radical (unpaired) electrons. The van der Waals surface area contributed by atoms with Crippen molar-refractivity contribution in [2.45, 2.75) is 12.5 Å². The lowest BCUT2D eigenvalue weighted by molar-refractivity contribution is 0.0939. The molecule has 0 saturated carbocycles. The highest BCUT2D eigenvalue weighted by atomic mass is 79.9. The fourth-order valence-corrected chi connectivity index (χ4v) is 2.48. The highest BCUT2D eigenvalue weighted by Crippen LogP contribution is 2.21. The molecule has 0 unspecified atom stereocenters. The first-order chi connectivity index (χ1) is 11.0. The number of carbonyl (C=O) groups is 1. The van der Waals surface area contributed by atoms with Crippen LogP contribution in [0.25, 0.3) is 0 Å². The molecule has 0 aliphatic carbocycles. The van der Waals surface area contributed by atoms with E-state index in [-0.39, 0.29) is 11.8 Å². The molecular weight excluding hydrogens is 384 g/mol. The van der Waals surface area contributed by atoms with Crippen LogP contribution < -0.4 is 10.1 Å². The maximum absolute atomic E-state index is 12.2. The van der Waals surface area contributed by atoms with Crippen molar-refractivity contribution in [3.63, 3.8) is 0 Å². The van der Waals surface area contributed by atoms with Gasteiger partial charge in [-0.3, -0.25) is 4.79 Å². The summed E-state index contributed by atoms with van der Waals surface area (Å²) in [7, 11) is 1.46. The van der Waals surface area contributed by atoms with Gasteiger partial charge in [-0.1, -0.05) is 23.7 Å². The van der Waals surface area contributed by atoms with E-state index in [1.165, 1.54) is 7.11 Å². The number of aromatic nitrogens is 1. The maximum Gasteiger partial charge on any atom is 0.256 e. The summed E-state index contributed by atoms with van der Waals surface area (Å²) in [6.45, 7) is 0.318. The Balaban J connectivity index is 1.92. The predicted octanol–water partition coefficient (Wildman–Crippen LogP) is 3.36. The molecule has 23 heavy (non-hydrogen) atoms. The van der Waals surface area contributed by atoms with E-state index >= 15 is 0 Å². The minimum absolute atomic E-state index is 0.254. The van der Waals surface area contributed by atoms with Gasteiger partial charge in [0.15, 0.2) is 0 Å². The van der Waals surface area contributed by atoms with Crippen molar-refractivity contribution in [2.75, 3.05) is 13.7 Å². The van der Waals surface area contributed by atoms with Gasteiger partial charge in [-0.15, -0.1) is 0 Å². The van der Waals surface area contributed by atoms with Crippen LogP contribution in [0, 0.1) is 0 Å². The number of carbonyl (C=O) groups excluding carboxylic acids is 1. The first-order valence-electron chi connectivity index (χ1n) is 6.92. The van der Waals surface area contributed by atoms with Gasteiger partial charge in [0.25, 0.3) is 5.91 Å². The number of nitrogens with zero attached hydrogens (tertiary/aromatic N) is 1. The Labute approximate surface area is 147 Å². The number of halogens is 2. The second kappa shape index (κ2) is 8.29. The second-order valence-electron chi connectivity index (χ2n) is 4.82. The van der Waals surface area contributed by atoms with Crippen LogP contribution >= 0.6 is 27.5 Å². The molecule has 1 atom stereocenters. The summed E-state index contributed by atoms with van der Waals surface area (Å²) in [6, 6.07) is 8.59. The van der Waals surface area contributed by atoms with E-state index in [9.17, 15) is 9.90 Å². The fourth-order valence-electron chi connectivity index (χ4n) is 2.02. The highest BCUT2D eigenvalue weighted by molar-refractivity contribution is 9.10.